The van der Waals surface area contributed by atoms with Crippen LogP contribution in [-0.4, -0.2) is 85.8 Å². The van der Waals surface area contributed by atoms with Gasteiger partial charge >= 0.3 is 0 Å². The zero-order valence-electron chi connectivity index (χ0n) is 17.8. The molecule has 0 spiro atoms. The topological polar surface area (TPSA) is 82.9 Å². The Labute approximate surface area is 177 Å². The second-order valence-electron chi connectivity index (χ2n) is 8.25. The molecule has 30 heavy (non-hydrogen) atoms. The van der Waals surface area contributed by atoms with Crippen LogP contribution in [0, 0.1) is 0 Å². The molecule has 0 radical (unpaired) electrons. The van der Waals surface area contributed by atoms with Crippen LogP contribution < -0.4 is 10.6 Å². The molecular weight excluding hydrogens is 382 g/mol. The fraction of sp³-hybridized carbons (Fsp3) is 0.545. The van der Waals surface area contributed by atoms with E-state index in [-0.39, 0.29) is 11.9 Å². The Morgan fingerprint density at radius 3 is 2.90 bits per heavy atom. The molecule has 2 aliphatic heterocycles. The maximum atomic E-state index is 12.9. The standard InChI is InChI=1S/C22H31N5O3/c1-15-14-26(3)18(15)13-16(2)24-21(28)17-5-4-6-19-20(17)25-22(30-19)23-7-8-27-9-11-29-12-10-27/h4-6,16,18H,1,7-14H2,2-3H3,(H,23,25)(H,24,28). The number of oxazole rings is 1. The van der Waals surface area contributed by atoms with Crippen LogP contribution in [0.5, 0.6) is 0 Å². The minimum absolute atomic E-state index is 0.0373. The number of benzene rings is 1. The minimum atomic E-state index is -0.131. The number of hydrogen-bond donors (Lipinski definition) is 2. The van der Waals surface area contributed by atoms with Gasteiger partial charge in [0.15, 0.2) is 5.58 Å². The van der Waals surface area contributed by atoms with Crippen molar-refractivity contribution in [2.75, 3.05) is 58.3 Å². The third-order valence-corrected chi connectivity index (χ3v) is 5.88. The SMILES string of the molecule is C=C1CN(C)C1CC(C)NC(=O)c1cccc2oc(NCCN3CCOCC3)nc12. The van der Waals surface area contributed by atoms with Crippen LogP contribution in [0.25, 0.3) is 11.1 Å². The molecule has 3 heterocycles. The number of para-hydroxylation sites is 1. The molecule has 2 atom stereocenters. The van der Waals surface area contributed by atoms with Gasteiger partial charge in [0.05, 0.1) is 18.8 Å². The van der Waals surface area contributed by atoms with Gasteiger partial charge in [-0.05, 0) is 38.1 Å². The van der Waals surface area contributed by atoms with E-state index in [4.69, 9.17) is 9.15 Å². The molecule has 2 aliphatic rings. The molecular formula is C22H31N5O3. The van der Waals surface area contributed by atoms with Crippen molar-refractivity contribution in [3.63, 3.8) is 0 Å². The minimum Gasteiger partial charge on any atom is -0.424 e. The summed E-state index contributed by atoms with van der Waals surface area (Å²) in [5, 5.41) is 6.33. The summed E-state index contributed by atoms with van der Waals surface area (Å²) in [6.07, 6.45) is 0.851. The predicted octanol–water partition coefficient (Wildman–Crippen LogP) is 1.95. The largest absolute Gasteiger partial charge is 0.424 e. The molecule has 1 aromatic heterocycles. The Kier molecular flexibility index (Phi) is 6.36. The third kappa shape index (κ3) is 4.66. The Morgan fingerprint density at radius 1 is 1.37 bits per heavy atom. The number of likely N-dealkylation sites (N-methyl/N-ethyl adjacent to an activating group) is 1. The van der Waals surface area contributed by atoms with Crippen LogP contribution in [0.1, 0.15) is 23.7 Å². The van der Waals surface area contributed by atoms with Crippen LogP contribution in [0.2, 0.25) is 0 Å². The number of aromatic nitrogens is 1. The molecule has 0 bridgehead atoms. The zero-order valence-corrected chi connectivity index (χ0v) is 17.8. The van der Waals surface area contributed by atoms with Crippen LogP contribution in [-0.2, 0) is 4.74 Å². The Morgan fingerprint density at radius 2 is 2.17 bits per heavy atom. The van der Waals surface area contributed by atoms with Crippen LogP contribution in [0.3, 0.4) is 0 Å². The van der Waals surface area contributed by atoms with Crippen molar-refractivity contribution < 1.29 is 13.9 Å². The van der Waals surface area contributed by atoms with Crippen molar-refractivity contribution in [2.45, 2.75) is 25.4 Å². The van der Waals surface area contributed by atoms with Gasteiger partial charge in [0, 0.05) is 44.8 Å². The number of rotatable bonds is 8. The number of hydrogen-bond acceptors (Lipinski definition) is 7. The second kappa shape index (κ2) is 9.16. The fourth-order valence-electron chi connectivity index (χ4n) is 4.13. The van der Waals surface area contributed by atoms with Gasteiger partial charge < -0.3 is 19.8 Å². The van der Waals surface area contributed by atoms with Crippen molar-refractivity contribution in [3.05, 3.63) is 35.9 Å². The number of carbonyl (C=O) groups excluding carboxylic acids is 1. The molecule has 162 valence electrons. The first kappa shape index (κ1) is 20.8. The average Bonchev–Trinajstić information content (AvgIpc) is 3.16. The molecule has 1 amide bonds. The third-order valence-electron chi connectivity index (χ3n) is 5.88. The van der Waals surface area contributed by atoms with Gasteiger partial charge in [0.2, 0.25) is 0 Å². The van der Waals surface area contributed by atoms with E-state index in [1.54, 1.807) is 6.07 Å². The molecule has 8 heteroatoms. The monoisotopic (exact) mass is 413 g/mol. The van der Waals surface area contributed by atoms with Crippen molar-refractivity contribution in [1.29, 1.82) is 0 Å². The van der Waals surface area contributed by atoms with Gasteiger partial charge in [0.1, 0.15) is 5.52 Å². The summed E-state index contributed by atoms with van der Waals surface area (Å²) in [4.78, 5) is 22.0. The van der Waals surface area contributed by atoms with E-state index in [9.17, 15) is 4.79 Å². The molecule has 2 saturated heterocycles. The summed E-state index contributed by atoms with van der Waals surface area (Å²) in [6.45, 7) is 12.1. The van der Waals surface area contributed by atoms with Gasteiger partial charge in [-0.15, -0.1) is 0 Å². The van der Waals surface area contributed by atoms with E-state index in [2.05, 4.69) is 39.0 Å². The van der Waals surface area contributed by atoms with Crippen LogP contribution >= 0.6 is 0 Å². The van der Waals surface area contributed by atoms with Crippen molar-refractivity contribution in [1.82, 2.24) is 20.1 Å². The lowest BCUT2D eigenvalue weighted by molar-refractivity contribution is 0.0398. The van der Waals surface area contributed by atoms with Crippen molar-refractivity contribution in [2.24, 2.45) is 0 Å². The number of morpholine rings is 1. The Hall–Kier alpha value is -2.42. The lowest BCUT2D eigenvalue weighted by Gasteiger charge is -2.41. The molecule has 0 saturated carbocycles. The van der Waals surface area contributed by atoms with E-state index in [0.717, 1.165) is 52.4 Å². The Balaban J connectivity index is 1.36. The molecule has 2 unspecified atom stereocenters. The van der Waals surface area contributed by atoms with Gasteiger partial charge in [-0.1, -0.05) is 12.6 Å². The van der Waals surface area contributed by atoms with Crippen LogP contribution in [0.4, 0.5) is 6.01 Å². The summed E-state index contributed by atoms with van der Waals surface area (Å²) in [7, 11) is 2.08. The number of nitrogens with one attached hydrogen (secondary N) is 2. The van der Waals surface area contributed by atoms with Crippen LogP contribution in [0.15, 0.2) is 34.8 Å². The van der Waals surface area contributed by atoms with E-state index in [1.165, 1.54) is 5.57 Å². The molecule has 4 rings (SSSR count). The highest BCUT2D eigenvalue weighted by molar-refractivity contribution is 6.04. The van der Waals surface area contributed by atoms with E-state index in [1.807, 2.05) is 19.1 Å². The highest BCUT2D eigenvalue weighted by atomic mass is 16.5. The number of likely N-dealkylation sites (tertiary alicyclic amines) is 1. The molecule has 1 aromatic carbocycles. The first-order valence-corrected chi connectivity index (χ1v) is 10.6. The number of nitrogens with zero attached hydrogens (tertiary/aromatic N) is 3. The lowest BCUT2D eigenvalue weighted by atomic mass is 9.92. The summed E-state index contributed by atoms with van der Waals surface area (Å²) in [5.41, 5.74) is 2.95. The Bertz CT molecular complexity index is 905. The van der Waals surface area contributed by atoms with Gasteiger partial charge in [-0.25, -0.2) is 0 Å². The first-order valence-electron chi connectivity index (χ1n) is 10.6. The predicted molar refractivity (Wildman–Crippen MR) is 117 cm³/mol. The van der Waals surface area contributed by atoms with Gasteiger partial charge in [0.25, 0.3) is 11.9 Å². The zero-order chi connectivity index (χ0) is 21.1. The highest BCUT2D eigenvalue weighted by Gasteiger charge is 2.30. The summed E-state index contributed by atoms with van der Waals surface area (Å²) >= 11 is 0. The lowest BCUT2D eigenvalue weighted by Crippen LogP contribution is -2.50. The number of ether oxygens (including phenoxy) is 1. The molecule has 8 nitrogen and oxygen atoms in total. The molecule has 2 fully saturated rings. The van der Waals surface area contributed by atoms with Crippen molar-refractivity contribution >= 4 is 23.0 Å². The molecule has 2 aromatic rings. The van der Waals surface area contributed by atoms with E-state index >= 15 is 0 Å². The van der Waals surface area contributed by atoms with Gasteiger partial charge in [-0.3, -0.25) is 14.6 Å². The summed E-state index contributed by atoms with van der Waals surface area (Å²) in [6, 6.07) is 6.27. The molecule has 2 N–H and O–H groups in total. The smallest absolute Gasteiger partial charge is 0.295 e. The number of carbonyl (C=O) groups is 1. The molecule has 0 aliphatic carbocycles. The average molecular weight is 414 g/mol. The first-order chi connectivity index (χ1) is 14.5. The quantitative estimate of drug-likeness (QED) is 0.640. The van der Waals surface area contributed by atoms with E-state index < -0.39 is 0 Å². The number of anilines is 1. The van der Waals surface area contributed by atoms with Crippen molar-refractivity contribution in [3.8, 4) is 0 Å². The number of amides is 1. The van der Waals surface area contributed by atoms with Gasteiger partial charge in [-0.2, -0.15) is 4.98 Å². The maximum absolute atomic E-state index is 12.9. The van der Waals surface area contributed by atoms with E-state index in [0.29, 0.717) is 28.7 Å². The number of fused-ring (bicyclic) bond motifs is 1. The fourth-order valence-corrected chi connectivity index (χ4v) is 4.13. The summed E-state index contributed by atoms with van der Waals surface area (Å²) < 4.78 is 11.2. The second-order valence-corrected chi connectivity index (χ2v) is 8.25. The normalized spacial score (nSPS) is 21.4. The maximum Gasteiger partial charge on any atom is 0.295 e. The highest BCUT2D eigenvalue weighted by Crippen LogP contribution is 2.25. The summed E-state index contributed by atoms with van der Waals surface area (Å²) in [5.74, 6) is -0.131.